The number of esters is 1. The average molecular weight is 346 g/mol. The van der Waals surface area contributed by atoms with Crippen molar-refractivity contribution in [3.8, 4) is 0 Å². The van der Waals surface area contributed by atoms with Crippen molar-refractivity contribution in [2.75, 3.05) is 7.11 Å². The monoisotopic (exact) mass is 346 g/mol. The third-order valence-electron chi connectivity index (χ3n) is 3.60. The summed E-state index contributed by atoms with van der Waals surface area (Å²) in [5, 5.41) is 2.69. The Morgan fingerprint density at radius 1 is 1.33 bits per heavy atom. The molecule has 0 saturated carbocycles. The molecular formula is C16H18N4O3S. The number of rotatable bonds is 5. The van der Waals surface area contributed by atoms with E-state index < -0.39 is 5.97 Å². The van der Waals surface area contributed by atoms with E-state index in [2.05, 4.69) is 9.97 Å². The highest BCUT2D eigenvalue weighted by molar-refractivity contribution is 7.09. The quantitative estimate of drug-likeness (QED) is 0.661. The molecule has 3 heterocycles. The second-order valence-corrected chi connectivity index (χ2v) is 6.84. The normalized spacial score (nSPS) is 11.3. The Hall–Kier alpha value is -2.48. The molecule has 0 amide bonds. The summed E-state index contributed by atoms with van der Waals surface area (Å²) >= 11 is 1.48. The molecule has 126 valence electrons. The minimum absolute atomic E-state index is 0.150. The van der Waals surface area contributed by atoms with Gasteiger partial charge in [0, 0.05) is 24.3 Å². The van der Waals surface area contributed by atoms with E-state index in [0.29, 0.717) is 35.7 Å². The molecule has 0 aliphatic carbocycles. The van der Waals surface area contributed by atoms with E-state index in [-0.39, 0.29) is 5.69 Å². The van der Waals surface area contributed by atoms with Crippen molar-refractivity contribution >= 4 is 28.5 Å². The number of aromatic nitrogens is 4. The Balaban J connectivity index is 2.20. The molecule has 0 fully saturated rings. The molecule has 0 N–H and O–H groups in total. The standard InChI is InChI=1S/C16H18N4O3S/c1-10(2)8-20-14-12(6-11(7-18-14)15(21)23-3)19(16(20)22)9-13-17-4-5-24-13/h4-7,10H,8-9H2,1-3H3. The number of thiazole rings is 1. The molecule has 0 aliphatic rings. The average Bonchev–Trinajstić information content (AvgIpc) is 3.16. The Bertz CT molecular complexity index is 925. The topological polar surface area (TPSA) is 79.0 Å². The van der Waals surface area contributed by atoms with Crippen LogP contribution in [0.25, 0.3) is 11.2 Å². The fourth-order valence-corrected chi connectivity index (χ4v) is 3.17. The predicted octanol–water partition coefficient (Wildman–Crippen LogP) is 2.15. The lowest BCUT2D eigenvalue weighted by Crippen LogP contribution is -2.26. The second-order valence-electron chi connectivity index (χ2n) is 5.86. The van der Waals surface area contributed by atoms with E-state index >= 15 is 0 Å². The number of hydrogen-bond acceptors (Lipinski definition) is 6. The van der Waals surface area contributed by atoms with Gasteiger partial charge in [-0.1, -0.05) is 13.8 Å². The van der Waals surface area contributed by atoms with Crippen LogP contribution in [0.15, 0.2) is 28.6 Å². The van der Waals surface area contributed by atoms with E-state index in [1.54, 1.807) is 21.4 Å². The van der Waals surface area contributed by atoms with Crippen LogP contribution in [0.4, 0.5) is 0 Å². The number of nitrogens with zero attached hydrogens (tertiary/aromatic N) is 4. The van der Waals surface area contributed by atoms with Crippen LogP contribution in [0.5, 0.6) is 0 Å². The zero-order valence-electron chi connectivity index (χ0n) is 13.7. The second kappa shape index (κ2) is 6.56. The third kappa shape index (κ3) is 2.96. The summed E-state index contributed by atoms with van der Waals surface area (Å²) in [6.07, 6.45) is 3.15. The lowest BCUT2D eigenvalue weighted by atomic mass is 10.2. The molecular weight excluding hydrogens is 328 g/mol. The number of hydrogen-bond donors (Lipinski definition) is 0. The van der Waals surface area contributed by atoms with Gasteiger partial charge in [0.05, 0.1) is 24.7 Å². The van der Waals surface area contributed by atoms with Crippen molar-refractivity contribution in [1.82, 2.24) is 19.1 Å². The van der Waals surface area contributed by atoms with Crippen LogP contribution in [0.3, 0.4) is 0 Å². The van der Waals surface area contributed by atoms with E-state index in [4.69, 9.17) is 4.74 Å². The first-order valence-corrected chi connectivity index (χ1v) is 8.45. The van der Waals surface area contributed by atoms with Gasteiger partial charge < -0.3 is 4.74 Å². The van der Waals surface area contributed by atoms with E-state index in [9.17, 15) is 9.59 Å². The molecule has 0 atom stereocenters. The molecule has 0 aliphatic heterocycles. The number of imidazole rings is 1. The number of carbonyl (C=O) groups is 1. The SMILES string of the molecule is COC(=O)c1cnc2c(c1)n(Cc1nccs1)c(=O)n2CC(C)C. The summed E-state index contributed by atoms with van der Waals surface area (Å²) < 4.78 is 8.00. The predicted molar refractivity (Wildman–Crippen MR) is 91.4 cm³/mol. The number of ether oxygens (including phenoxy) is 1. The third-order valence-corrected chi connectivity index (χ3v) is 4.37. The van der Waals surface area contributed by atoms with Gasteiger partial charge in [-0.25, -0.2) is 19.6 Å². The molecule has 0 unspecified atom stereocenters. The summed E-state index contributed by atoms with van der Waals surface area (Å²) in [5.41, 5.74) is 1.35. The Labute approximate surface area is 142 Å². The molecule has 0 saturated heterocycles. The molecule has 24 heavy (non-hydrogen) atoms. The maximum Gasteiger partial charge on any atom is 0.339 e. The molecule has 0 bridgehead atoms. The van der Waals surface area contributed by atoms with Gasteiger partial charge in [-0.3, -0.25) is 9.13 Å². The van der Waals surface area contributed by atoms with Crippen LogP contribution in [-0.4, -0.2) is 32.2 Å². The molecule has 0 aromatic carbocycles. The smallest absolute Gasteiger partial charge is 0.339 e. The van der Waals surface area contributed by atoms with Crippen molar-refractivity contribution in [2.24, 2.45) is 5.92 Å². The van der Waals surface area contributed by atoms with Crippen LogP contribution in [0, 0.1) is 5.92 Å². The van der Waals surface area contributed by atoms with Crippen molar-refractivity contribution in [3.63, 3.8) is 0 Å². The fraction of sp³-hybridized carbons (Fsp3) is 0.375. The molecule has 8 heteroatoms. The van der Waals surface area contributed by atoms with Crippen molar-refractivity contribution in [3.05, 3.63) is 44.9 Å². The van der Waals surface area contributed by atoms with E-state index in [1.807, 2.05) is 19.2 Å². The molecule has 0 radical (unpaired) electrons. The van der Waals surface area contributed by atoms with Crippen LogP contribution < -0.4 is 5.69 Å². The fourth-order valence-electron chi connectivity index (χ4n) is 2.57. The Morgan fingerprint density at radius 2 is 2.12 bits per heavy atom. The zero-order chi connectivity index (χ0) is 17.3. The summed E-state index contributed by atoms with van der Waals surface area (Å²) in [5.74, 6) is -0.182. The van der Waals surface area contributed by atoms with Gasteiger partial charge in [-0.15, -0.1) is 11.3 Å². The van der Waals surface area contributed by atoms with Crippen LogP contribution in [-0.2, 0) is 17.8 Å². The van der Waals surface area contributed by atoms with Crippen molar-refractivity contribution in [2.45, 2.75) is 26.9 Å². The molecule has 3 rings (SSSR count). The van der Waals surface area contributed by atoms with Gasteiger partial charge in [0.25, 0.3) is 0 Å². The van der Waals surface area contributed by atoms with Gasteiger partial charge in [-0.05, 0) is 12.0 Å². The highest BCUT2D eigenvalue weighted by Gasteiger charge is 2.18. The maximum absolute atomic E-state index is 12.8. The highest BCUT2D eigenvalue weighted by Crippen LogP contribution is 2.17. The molecule has 3 aromatic rings. The van der Waals surface area contributed by atoms with Crippen LogP contribution in [0.2, 0.25) is 0 Å². The summed E-state index contributed by atoms with van der Waals surface area (Å²) in [6.45, 7) is 4.99. The van der Waals surface area contributed by atoms with Crippen molar-refractivity contribution in [1.29, 1.82) is 0 Å². The first-order valence-electron chi connectivity index (χ1n) is 7.57. The van der Waals surface area contributed by atoms with E-state index in [0.717, 1.165) is 5.01 Å². The van der Waals surface area contributed by atoms with Gasteiger partial charge >= 0.3 is 11.7 Å². The van der Waals surface area contributed by atoms with Gasteiger partial charge in [0.15, 0.2) is 5.65 Å². The number of methoxy groups -OCH3 is 1. The number of fused-ring (bicyclic) bond motifs is 1. The van der Waals surface area contributed by atoms with Gasteiger partial charge in [-0.2, -0.15) is 0 Å². The van der Waals surface area contributed by atoms with E-state index in [1.165, 1.54) is 24.6 Å². The first kappa shape index (κ1) is 16.4. The summed E-state index contributed by atoms with van der Waals surface area (Å²) in [7, 11) is 1.32. The summed E-state index contributed by atoms with van der Waals surface area (Å²) in [6, 6.07) is 1.65. The number of carbonyl (C=O) groups excluding carboxylic acids is 1. The first-order chi connectivity index (χ1) is 11.5. The molecule has 3 aromatic heterocycles. The summed E-state index contributed by atoms with van der Waals surface area (Å²) in [4.78, 5) is 33.2. The zero-order valence-corrected chi connectivity index (χ0v) is 14.5. The molecule has 0 spiro atoms. The lowest BCUT2D eigenvalue weighted by molar-refractivity contribution is 0.0600. The highest BCUT2D eigenvalue weighted by atomic mass is 32.1. The van der Waals surface area contributed by atoms with Gasteiger partial charge in [0.1, 0.15) is 5.01 Å². The largest absolute Gasteiger partial charge is 0.465 e. The minimum atomic E-state index is -0.478. The lowest BCUT2D eigenvalue weighted by Gasteiger charge is -2.05. The van der Waals surface area contributed by atoms with Crippen LogP contribution in [0.1, 0.15) is 29.2 Å². The van der Waals surface area contributed by atoms with Gasteiger partial charge in [0.2, 0.25) is 0 Å². The minimum Gasteiger partial charge on any atom is -0.465 e. The number of pyridine rings is 1. The Kier molecular flexibility index (Phi) is 4.48. The Morgan fingerprint density at radius 3 is 2.75 bits per heavy atom. The maximum atomic E-state index is 12.8. The van der Waals surface area contributed by atoms with Crippen LogP contribution >= 0.6 is 11.3 Å². The van der Waals surface area contributed by atoms with Crippen molar-refractivity contribution < 1.29 is 9.53 Å². The molecule has 7 nitrogen and oxygen atoms in total.